The lowest BCUT2D eigenvalue weighted by atomic mass is 9.83. The summed E-state index contributed by atoms with van der Waals surface area (Å²) in [6.07, 6.45) is 8.29. The summed E-state index contributed by atoms with van der Waals surface area (Å²) in [4.78, 5) is 4.58. The number of thiazole rings is 1. The molecule has 1 heterocycles. The van der Waals surface area contributed by atoms with E-state index in [1.54, 1.807) is 11.3 Å². The van der Waals surface area contributed by atoms with Crippen molar-refractivity contribution in [2.24, 2.45) is 5.92 Å². The molecule has 2 nitrogen and oxygen atoms in total. The Bertz CT molecular complexity index is 353. The summed E-state index contributed by atoms with van der Waals surface area (Å²) in [7, 11) is 0. The molecule has 1 aliphatic rings. The molecular weight excluding hydrogens is 240 g/mol. The van der Waals surface area contributed by atoms with E-state index in [0.29, 0.717) is 12.1 Å². The Morgan fingerprint density at radius 3 is 2.67 bits per heavy atom. The highest BCUT2D eigenvalue weighted by Gasteiger charge is 2.22. The van der Waals surface area contributed by atoms with Crippen LogP contribution in [0.5, 0.6) is 0 Å². The van der Waals surface area contributed by atoms with Gasteiger partial charge < -0.3 is 5.32 Å². The van der Waals surface area contributed by atoms with Gasteiger partial charge in [-0.3, -0.25) is 0 Å². The van der Waals surface area contributed by atoms with E-state index in [1.165, 1.54) is 43.5 Å². The average Bonchev–Trinajstić information content (AvgIpc) is 2.79. The molecule has 1 fully saturated rings. The summed E-state index contributed by atoms with van der Waals surface area (Å²) in [5.74, 6) is 0.991. The van der Waals surface area contributed by atoms with Crippen LogP contribution in [-0.2, 0) is 0 Å². The highest BCUT2D eigenvalue weighted by atomic mass is 32.1. The van der Waals surface area contributed by atoms with E-state index in [4.69, 9.17) is 0 Å². The lowest BCUT2D eigenvalue weighted by Crippen LogP contribution is -2.35. The first-order valence-electron chi connectivity index (χ1n) is 7.37. The molecule has 1 aliphatic carbocycles. The maximum Gasteiger partial charge on any atom is 0.110 e. The van der Waals surface area contributed by atoms with Crippen LogP contribution in [0.15, 0.2) is 5.38 Å². The fraction of sp³-hybridized carbons (Fsp3) is 0.800. The monoisotopic (exact) mass is 266 g/mol. The van der Waals surface area contributed by atoms with Gasteiger partial charge in [-0.05, 0) is 45.4 Å². The van der Waals surface area contributed by atoms with E-state index < -0.39 is 0 Å². The number of nitrogens with zero attached hydrogens (tertiary/aromatic N) is 1. The zero-order chi connectivity index (χ0) is 13.0. The van der Waals surface area contributed by atoms with Gasteiger partial charge in [-0.1, -0.05) is 19.8 Å². The zero-order valence-corrected chi connectivity index (χ0v) is 12.7. The molecule has 2 rings (SSSR count). The minimum atomic E-state index is 0.413. The number of aromatic nitrogens is 1. The third kappa shape index (κ3) is 3.79. The van der Waals surface area contributed by atoms with Gasteiger partial charge in [0, 0.05) is 17.1 Å². The van der Waals surface area contributed by atoms with Crippen molar-refractivity contribution in [1.29, 1.82) is 0 Å². The highest BCUT2D eigenvalue weighted by molar-refractivity contribution is 7.09. The Morgan fingerprint density at radius 1 is 1.39 bits per heavy atom. The molecule has 102 valence electrons. The second-order valence-corrected chi connectivity index (χ2v) is 6.61. The Hall–Kier alpha value is -0.410. The van der Waals surface area contributed by atoms with Crippen LogP contribution < -0.4 is 5.32 Å². The van der Waals surface area contributed by atoms with Gasteiger partial charge >= 0.3 is 0 Å². The molecular formula is C15H26N2S. The molecule has 0 aromatic carbocycles. The second kappa shape index (κ2) is 6.67. The van der Waals surface area contributed by atoms with Crippen molar-refractivity contribution in [2.75, 3.05) is 0 Å². The fourth-order valence-electron chi connectivity index (χ4n) is 3.02. The number of nitrogens with one attached hydrogen (secondary N) is 1. The minimum absolute atomic E-state index is 0.413. The van der Waals surface area contributed by atoms with E-state index in [0.717, 1.165) is 11.6 Å². The summed E-state index contributed by atoms with van der Waals surface area (Å²) in [5.41, 5.74) is 1.15. The summed E-state index contributed by atoms with van der Waals surface area (Å²) in [5, 5.41) is 7.14. The van der Waals surface area contributed by atoms with Crippen LogP contribution in [0, 0.1) is 12.8 Å². The van der Waals surface area contributed by atoms with E-state index >= 15 is 0 Å². The van der Waals surface area contributed by atoms with Gasteiger partial charge in [-0.2, -0.15) is 0 Å². The molecule has 0 spiro atoms. The molecule has 1 unspecified atom stereocenters. The first-order valence-corrected chi connectivity index (χ1v) is 8.25. The van der Waals surface area contributed by atoms with Crippen molar-refractivity contribution in [2.45, 2.75) is 71.4 Å². The van der Waals surface area contributed by atoms with Crippen LogP contribution >= 0.6 is 11.3 Å². The molecule has 0 radical (unpaired) electrons. The number of hydrogen-bond donors (Lipinski definition) is 1. The van der Waals surface area contributed by atoms with Crippen LogP contribution in [0.1, 0.15) is 69.1 Å². The SMILES string of the molecule is CCCC1CCC(NC(C)c2nc(C)cs2)CC1. The Labute approximate surface area is 115 Å². The van der Waals surface area contributed by atoms with Crippen molar-refractivity contribution >= 4 is 11.3 Å². The van der Waals surface area contributed by atoms with Crippen LogP contribution in [0.4, 0.5) is 0 Å². The zero-order valence-electron chi connectivity index (χ0n) is 11.9. The maximum absolute atomic E-state index is 4.58. The average molecular weight is 266 g/mol. The van der Waals surface area contributed by atoms with Crippen LogP contribution in [0.3, 0.4) is 0 Å². The fourth-order valence-corrected chi connectivity index (χ4v) is 3.83. The third-order valence-corrected chi connectivity index (χ3v) is 5.18. The van der Waals surface area contributed by atoms with Crippen LogP contribution in [-0.4, -0.2) is 11.0 Å². The molecule has 1 atom stereocenters. The predicted octanol–water partition coefficient (Wildman–Crippen LogP) is 4.46. The lowest BCUT2D eigenvalue weighted by molar-refractivity contribution is 0.266. The molecule has 1 saturated carbocycles. The molecule has 1 aromatic heterocycles. The topological polar surface area (TPSA) is 24.9 Å². The molecule has 0 saturated heterocycles. The van der Waals surface area contributed by atoms with Crippen molar-refractivity contribution in [3.8, 4) is 0 Å². The van der Waals surface area contributed by atoms with Gasteiger partial charge in [-0.25, -0.2) is 4.98 Å². The number of rotatable bonds is 5. The second-order valence-electron chi connectivity index (χ2n) is 5.72. The molecule has 1 aromatic rings. The largest absolute Gasteiger partial charge is 0.305 e. The lowest BCUT2D eigenvalue weighted by Gasteiger charge is -2.30. The maximum atomic E-state index is 4.58. The smallest absolute Gasteiger partial charge is 0.110 e. The predicted molar refractivity (Wildman–Crippen MR) is 79.1 cm³/mol. The number of aryl methyl sites for hydroxylation is 1. The standard InChI is InChI=1S/C15H26N2S/c1-4-5-13-6-8-14(9-7-13)17-12(3)15-16-11(2)10-18-15/h10,12-14,17H,4-9H2,1-3H3. The van der Waals surface area contributed by atoms with Crippen molar-refractivity contribution in [3.05, 3.63) is 16.1 Å². The van der Waals surface area contributed by atoms with E-state index in [1.807, 2.05) is 0 Å². The van der Waals surface area contributed by atoms with Gasteiger partial charge in [0.25, 0.3) is 0 Å². The quantitative estimate of drug-likeness (QED) is 0.851. The Morgan fingerprint density at radius 2 is 2.11 bits per heavy atom. The summed E-state index contributed by atoms with van der Waals surface area (Å²) in [6.45, 7) is 6.62. The van der Waals surface area contributed by atoms with Gasteiger partial charge in [0.2, 0.25) is 0 Å². The van der Waals surface area contributed by atoms with Crippen molar-refractivity contribution in [1.82, 2.24) is 10.3 Å². The summed E-state index contributed by atoms with van der Waals surface area (Å²) >= 11 is 1.78. The van der Waals surface area contributed by atoms with E-state index in [2.05, 4.69) is 36.5 Å². The molecule has 1 N–H and O–H groups in total. The Balaban J connectivity index is 1.77. The van der Waals surface area contributed by atoms with Gasteiger partial charge in [0.1, 0.15) is 5.01 Å². The van der Waals surface area contributed by atoms with E-state index in [-0.39, 0.29) is 0 Å². The summed E-state index contributed by atoms with van der Waals surface area (Å²) in [6, 6.07) is 1.12. The van der Waals surface area contributed by atoms with E-state index in [9.17, 15) is 0 Å². The highest BCUT2D eigenvalue weighted by Crippen LogP contribution is 2.29. The van der Waals surface area contributed by atoms with Gasteiger partial charge in [0.05, 0.1) is 6.04 Å². The minimum Gasteiger partial charge on any atom is -0.305 e. The number of hydrogen-bond acceptors (Lipinski definition) is 3. The molecule has 18 heavy (non-hydrogen) atoms. The molecule has 0 bridgehead atoms. The van der Waals surface area contributed by atoms with Gasteiger partial charge in [-0.15, -0.1) is 11.3 Å². The van der Waals surface area contributed by atoms with Crippen LogP contribution in [0.2, 0.25) is 0 Å². The summed E-state index contributed by atoms with van der Waals surface area (Å²) < 4.78 is 0. The first-order chi connectivity index (χ1) is 8.69. The van der Waals surface area contributed by atoms with Crippen molar-refractivity contribution in [3.63, 3.8) is 0 Å². The molecule has 3 heteroatoms. The Kier molecular flexibility index (Phi) is 5.19. The normalized spacial score (nSPS) is 26.2. The van der Waals surface area contributed by atoms with Crippen LogP contribution in [0.25, 0.3) is 0 Å². The first kappa shape index (κ1) is 14.0. The molecule has 0 amide bonds. The van der Waals surface area contributed by atoms with Crippen molar-refractivity contribution < 1.29 is 0 Å². The van der Waals surface area contributed by atoms with Gasteiger partial charge in [0.15, 0.2) is 0 Å². The third-order valence-electron chi connectivity index (χ3n) is 4.04. The molecule has 0 aliphatic heterocycles.